The lowest BCUT2D eigenvalue weighted by Gasteiger charge is -2.15. The van der Waals surface area contributed by atoms with Crippen molar-refractivity contribution in [1.82, 2.24) is 9.13 Å². The highest BCUT2D eigenvalue weighted by atomic mass is 19.1. The topological polar surface area (TPSA) is 44.0 Å². The number of fused-ring (bicyclic) bond motifs is 4. The Morgan fingerprint density at radius 1 is 0.700 bits per heavy atom. The van der Waals surface area contributed by atoms with Gasteiger partial charge in [0.15, 0.2) is 10.9 Å². The van der Waals surface area contributed by atoms with Gasteiger partial charge in [0, 0.05) is 35.6 Å². The van der Waals surface area contributed by atoms with Crippen molar-refractivity contribution < 1.29 is 4.39 Å². The van der Waals surface area contributed by atoms with Crippen LogP contribution in [0.2, 0.25) is 0 Å². The summed E-state index contributed by atoms with van der Waals surface area (Å²) in [6.07, 6.45) is 1.98. The first-order valence-corrected chi connectivity index (χ1v) is 10.1. The molecule has 0 saturated heterocycles. The van der Waals surface area contributed by atoms with Gasteiger partial charge in [-0.25, -0.2) is 4.39 Å². The number of halogens is 1. The average Bonchev–Trinajstić information content (AvgIpc) is 2.75. The Kier molecular flexibility index (Phi) is 4.03. The molecule has 30 heavy (non-hydrogen) atoms. The summed E-state index contributed by atoms with van der Waals surface area (Å²) in [5.74, 6) is -0.401. The quantitative estimate of drug-likeness (QED) is 0.400. The SMILES string of the molecule is CCCc1ccc2c(=O)c3cc4c(cc3n(C)c2c1)c(=O)c1ccc(F)cc1n4C. The van der Waals surface area contributed by atoms with Gasteiger partial charge in [-0.15, -0.1) is 0 Å². The number of hydrogen-bond donors (Lipinski definition) is 0. The molecule has 0 spiro atoms. The van der Waals surface area contributed by atoms with Gasteiger partial charge in [0.05, 0.1) is 22.1 Å². The van der Waals surface area contributed by atoms with Crippen LogP contribution >= 0.6 is 0 Å². The molecular formula is C25H21FN2O2. The molecule has 0 atom stereocenters. The molecule has 5 heteroatoms. The molecule has 3 aromatic carbocycles. The van der Waals surface area contributed by atoms with Gasteiger partial charge in [-0.05, 0) is 54.4 Å². The van der Waals surface area contributed by atoms with E-state index in [0.29, 0.717) is 38.1 Å². The van der Waals surface area contributed by atoms with Crippen LogP contribution in [-0.2, 0) is 20.5 Å². The van der Waals surface area contributed by atoms with Gasteiger partial charge >= 0.3 is 0 Å². The fourth-order valence-corrected chi connectivity index (χ4v) is 4.51. The molecule has 0 aliphatic rings. The third kappa shape index (κ3) is 2.51. The largest absolute Gasteiger partial charge is 0.343 e. The first-order valence-electron chi connectivity index (χ1n) is 10.1. The molecule has 0 aliphatic heterocycles. The van der Waals surface area contributed by atoms with Crippen LogP contribution < -0.4 is 10.9 Å². The van der Waals surface area contributed by atoms with E-state index in [1.807, 2.05) is 23.7 Å². The third-order valence-corrected chi connectivity index (χ3v) is 6.10. The van der Waals surface area contributed by atoms with Crippen molar-refractivity contribution in [2.75, 3.05) is 0 Å². The van der Waals surface area contributed by atoms with Crippen molar-refractivity contribution in [2.45, 2.75) is 19.8 Å². The molecule has 0 radical (unpaired) electrons. The summed E-state index contributed by atoms with van der Waals surface area (Å²) >= 11 is 0. The minimum Gasteiger partial charge on any atom is -0.343 e. The van der Waals surface area contributed by atoms with Gasteiger partial charge in [0.25, 0.3) is 0 Å². The lowest BCUT2D eigenvalue weighted by Crippen LogP contribution is -2.13. The first kappa shape index (κ1) is 18.6. The molecule has 5 rings (SSSR count). The molecule has 0 bridgehead atoms. The van der Waals surface area contributed by atoms with Crippen molar-refractivity contribution in [3.8, 4) is 0 Å². The van der Waals surface area contributed by atoms with E-state index in [0.717, 1.165) is 18.4 Å². The number of aromatic nitrogens is 2. The Hall–Kier alpha value is -3.47. The van der Waals surface area contributed by atoms with E-state index in [1.165, 1.54) is 23.8 Å². The second kappa shape index (κ2) is 6.52. The molecule has 0 saturated carbocycles. The summed E-state index contributed by atoms with van der Waals surface area (Å²) in [6.45, 7) is 2.13. The zero-order valence-corrected chi connectivity index (χ0v) is 17.1. The Morgan fingerprint density at radius 3 is 1.77 bits per heavy atom. The molecule has 4 nitrogen and oxygen atoms in total. The molecule has 0 N–H and O–H groups in total. The number of pyridine rings is 2. The summed E-state index contributed by atoms with van der Waals surface area (Å²) in [5.41, 5.74) is 3.66. The molecule has 2 aromatic heterocycles. The standard InChI is InChI=1S/C25H21FN2O2/c1-4-5-14-6-8-16-20(10-14)27(2)22-12-19-23(13-18(22)24(16)29)28(3)21-11-15(26)7-9-17(21)25(19)30/h6-13H,4-5H2,1-3H3. The van der Waals surface area contributed by atoms with Crippen LogP contribution in [0.5, 0.6) is 0 Å². The number of aryl methyl sites for hydroxylation is 3. The maximum Gasteiger partial charge on any atom is 0.197 e. The molecule has 150 valence electrons. The van der Waals surface area contributed by atoms with Crippen LogP contribution in [0.3, 0.4) is 0 Å². The van der Waals surface area contributed by atoms with E-state index >= 15 is 0 Å². The van der Waals surface area contributed by atoms with Crippen molar-refractivity contribution in [3.63, 3.8) is 0 Å². The Balaban J connectivity index is 1.99. The Labute approximate surface area is 171 Å². The Bertz CT molecular complexity index is 1630. The van der Waals surface area contributed by atoms with Crippen molar-refractivity contribution in [2.24, 2.45) is 14.1 Å². The van der Waals surface area contributed by atoms with Crippen LogP contribution in [0.1, 0.15) is 18.9 Å². The van der Waals surface area contributed by atoms with Crippen LogP contribution in [0.25, 0.3) is 43.6 Å². The van der Waals surface area contributed by atoms with E-state index in [4.69, 9.17) is 0 Å². The first-order chi connectivity index (χ1) is 14.4. The third-order valence-electron chi connectivity index (χ3n) is 6.10. The molecule has 0 amide bonds. The van der Waals surface area contributed by atoms with Crippen molar-refractivity contribution in [3.05, 3.63) is 80.4 Å². The van der Waals surface area contributed by atoms with Crippen LogP contribution in [-0.4, -0.2) is 9.13 Å². The summed E-state index contributed by atoms with van der Waals surface area (Å²) < 4.78 is 17.6. The van der Waals surface area contributed by atoms with Gasteiger partial charge in [-0.1, -0.05) is 19.4 Å². The maximum atomic E-state index is 13.8. The smallest absolute Gasteiger partial charge is 0.197 e. The highest BCUT2D eigenvalue weighted by molar-refractivity contribution is 6.03. The van der Waals surface area contributed by atoms with E-state index in [-0.39, 0.29) is 10.9 Å². The molecule has 0 aliphatic carbocycles. The van der Waals surface area contributed by atoms with Gasteiger partial charge in [0.2, 0.25) is 0 Å². The molecule has 2 heterocycles. The van der Waals surface area contributed by atoms with Crippen LogP contribution in [0.4, 0.5) is 4.39 Å². The maximum absolute atomic E-state index is 13.8. The van der Waals surface area contributed by atoms with Gasteiger partial charge in [0.1, 0.15) is 5.82 Å². The minimum absolute atomic E-state index is 0.0603. The second-order valence-corrected chi connectivity index (χ2v) is 7.93. The van der Waals surface area contributed by atoms with E-state index < -0.39 is 5.82 Å². The van der Waals surface area contributed by atoms with Crippen LogP contribution in [0, 0.1) is 5.82 Å². The number of nitrogens with zero attached hydrogens (tertiary/aromatic N) is 2. The normalized spacial score (nSPS) is 11.9. The summed E-state index contributed by atoms with van der Waals surface area (Å²) in [6, 6.07) is 13.7. The summed E-state index contributed by atoms with van der Waals surface area (Å²) in [4.78, 5) is 26.5. The summed E-state index contributed by atoms with van der Waals surface area (Å²) in [7, 11) is 3.71. The number of rotatable bonds is 2. The Morgan fingerprint density at radius 2 is 1.20 bits per heavy atom. The average molecular weight is 400 g/mol. The van der Waals surface area contributed by atoms with Gasteiger partial charge < -0.3 is 9.13 Å². The number of hydrogen-bond acceptors (Lipinski definition) is 2. The van der Waals surface area contributed by atoms with E-state index in [2.05, 4.69) is 13.0 Å². The second-order valence-electron chi connectivity index (χ2n) is 7.93. The van der Waals surface area contributed by atoms with Crippen molar-refractivity contribution >= 4 is 43.6 Å². The fraction of sp³-hybridized carbons (Fsp3) is 0.200. The highest BCUT2D eigenvalue weighted by Gasteiger charge is 2.15. The lowest BCUT2D eigenvalue weighted by atomic mass is 10.0. The van der Waals surface area contributed by atoms with Crippen molar-refractivity contribution in [1.29, 1.82) is 0 Å². The molecule has 5 aromatic rings. The van der Waals surface area contributed by atoms with Gasteiger partial charge in [-0.2, -0.15) is 0 Å². The molecule has 0 unspecified atom stereocenters. The predicted molar refractivity (Wildman–Crippen MR) is 121 cm³/mol. The molecular weight excluding hydrogens is 379 g/mol. The van der Waals surface area contributed by atoms with E-state index in [1.54, 1.807) is 23.7 Å². The zero-order valence-electron chi connectivity index (χ0n) is 17.1. The minimum atomic E-state index is -0.401. The van der Waals surface area contributed by atoms with E-state index in [9.17, 15) is 14.0 Å². The van der Waals surface area contributed by atoms with Crippen LogP contribution in [0.15, 0.2) is 58.1 Å². The predicted octanol–water partition coefficient (Wildman–Crippen LogP) is 4.79. The molecule has 0 fully saturated rings. The lowest BCUT2D eigenvalue weighted by molar-refractivity contribution is 0.629. The van der Waals surface area contributed by atoms with Gasteiger partial charge in [-0.3, -0.25) is 9.59 Å². The monoisotopic (exact) mass is 400 g/mol. The zero-order chi connectivity index (χ0) is 21.2. The highest BCUT2D eigenvalue weighted by Crippen LogP contribution is 2.26. The fourth-order valence-electron chi connectivity index (χ4n) is 4.51. The summed E-state index contributed by atoms with van der Waals surface area (Å²) in [5, 5.41) is 2.18. The number of benzene rings is 3.